The fourth-order valence-corrected chi connectivity index (χ4v) is 5.03. The minimum atomic E-state index is 0.749. The molecule has 1 nitrogen and oxygen atoms in total. The van der Waals surface area contributed by atoms with E-state index in [1.807, 2.05) is 0 Å². The summed E-state index contributed by atoms with van der Waals surface area (Å²) in [6.45, 7) is 0. The molecule has 166 valence electrons. The molecule has 1 aliphatic rings. The van der Waals surface area contributed by atoms with E-state index in [-0.39, 0.29) is 0 Å². The largest absolute Gasteiger partial charge is 0.356 e. The van der Waals surface area contributed by atoms with Crippen molar-refractivity contribution >= 4 is 11.4 Å². The van der Waals surface area contributed by atoms with Crippen molar-refractivity contribution in [2.24, 2.45) is 0 Å². The van der Waals surface area contributed by atoms with Gasteiger partial charge in [0.25, 0.3) is 0 Å². The highest BCUT2D eigenvalue weighted by Crippen LogP contribution is 2.32. The van der Waals surface area contributed by atoms with E-state index in [4.69, 9.17) is 0 Å². The van der Waals surface area contributed by atoms with Crippen LogP contribution in [0.2, 0.25) is 0 Å². The standard InChI is InChI=1S/C32H33N/c1-2-5-9-25(10-6-3-1)27-13-15-28(16-14-27)30-19-23-32(24-20-30)33-31-21-17-29(18-22-31)26-11-7-4-8-12-26/h4,7-8,11-25,33H,1-3,5-6,9-10H2. The number of hydrogen-bond acceptors (Lipinski definition) is 1. The summed E-state index contributed by atoms with van der Waals surface area (Å²) < 4.78 is 0. The topological polar surface area (TPSA) is 12.0 Å². The molecule has 0 aliphatic heterocycles. The molecule has 1 N–H and O–H groups in total. The van der Waals surface area contributed by atoms with Gasteiger partial charge < -0.3 is 5.32 Å². The molecule has 1 saturated carbocycles. The second-order valence-electron chi connectivity index (χ2n) is 9.31. The highest BCUT2D eigenvalue weighted by molar-refractivity contribution is 5.71. The van der Waals surface area contributed by atoms with Crippen LogP contribution in [0.3, 0.4) is 0 Å². The first-order valence-corrected chi connectivity index (χ1v) is 12.5. The summed E-state index contributed by atoms with van der Waals surface area (Å²) in [5.74, 6) is 0.749. The summed E-state index contributed by atoms with van der Waals surface area (Å²) in [4.78, 5) is 0. The molecule has 1 heteroatoms. The van der Waals surface area contributed by atoms with Gasteiger partial charge in [-0.05, 0) is 70.8 Å². The maximum atomic E-state index is 3.52. The van der Waals surface area contributed by atoms with Crippen LogP contribution in [0.5, 0.6) is 0 Å². The smallest absolute Gasteiger partial charge is 0.0384 e. The van der Waals surface area contributed by atoms with Crippen LogP contribution >= 0.6 is 0 Å². The second kappa shape index (κ2) is 10.5. The monoisotopic (exact) mass is 431 g/mol. The third-order valence-electron chi connectivity index (χ3n) is 6.99. The zero-order chi connectivity index (χ0) is 22.3. The molecule has 0 aromatic heterocycles. The molecule has 33 heavy (non-hydrogen) atoms. The normalized spacial score (nSPS) is 14.9. The van der Waals surface area contributed by atoms with Crippen LogP contribution in [0.15, 0.2) is 103 Å². The number of benzene rings is 4. The van der Waals surface area contributed by atoms with Crippen molar-refractivity contribution < 1.29 is 0 Å². The Morgan fingerprint density at radius 1 is 0.424 bits per heavy atom. The van der Waals surface area contributed by atoms with Crippen LogP contribution in [0.25, 0.3) is 22.3 Å². The van der Waals surface area contributed by atoms with Crippen LogP contribution in [0.4, 0.5) is 11.4 Å². The van der Waals surface area contributed by atoms with E-state index >= 15 is 0 Å². The highest BCUT2D eigenvalue weighted by atomic mass is 14.9. The van der Waals surface area contributed by atoms with Crippen LogP contribution in [-0.2, 0) is 0 Å². The first-order valence-electron chi connectivity index (χ1n) is 12.5. The molecular weight excluding hydrogens is 398 g/mol. The average Bonchev–Trinajstić information content (AvgIpc) is 2.86. The summed E-state index contributed by atoms with van der Waals surface area (Å²) in [6, 6.07) is 37.2. The maximum absolute atomic E-state index is 3.52. The predicted molar refractivity (Wildman–Crippen MR) is 142 cm³/mol. The van der Waals surface area contributed by atoms with Gasteiger partial charge in [0.2, 0.25) is 0 Å². The summed E-state index contributed by atoms with van der Waals surface area (Å²) in [6.07, 6.45) is 9.72. The number of anilines is 2. The lowest BCUT2D eigenvalue weighted by molar-refractivity contribution is 0.455. The highest BCUT2D eigenvalue weighted by Gasteiger charge is 2.13. The Bertz CT molecular complexity index is 1120. The van der Waals surface area contributed by atoms with Crippen molar-refractivity contribution in [2.45, 2.75) is 50.9 Å². The first-order chi connectivity index (χ1) is 16.3. The number of nitrogens with one attached hydrogen (secondary N) is 1. The second-order valence-corrected chi connectivity index (χ2v) is 9.31. The lowest BCUT2D eigenvalue weighted by Crippen LogP contribution is -2.02. The Labute approximate surface area is 198 Å². The third kappa shape index (κ3) is 5.54. The quantitative estimate of drug-likeness (QED) is 0.332. The molecule has 4 aromatic rings. The molecule has 0 spiro atoms. The van der Waals surface area contributed by atoms with Crippen molar-refractivity contribution in [3.05, 3.63) is 109 Å². The Kier molecular flexibility index (Phi) is 6.87. The van der Waals surface area contributed by atoms with Crippen molar-refractivity contribution in [3.63, 3.8) is 0 Å². The van der Waals surface area contributed by atoms with E-state index in [1.165, 1.54) is 72.8 Å². The molecule has 0 radical (unpaired) electrons. The molecule has 0 bridgehead atoms. The molecule has 0 heterocycles. The molecule has 4 aromatic carbocycles. The Balaban J connectivity index is 1.23. The molecular formula is C32H33N. The first kappa shape index (κ1) is 21.5. The number of rotatable bonds is 5. The van der Waals surface area contributed by atoms with E-state index < -0.39 is 0 Å². The zero-order valence-corrected chi connectivity index (χ0v) is 19.3. The Morgan fingerprint density at radius 3 is 1.36 bits per heavy atom. The minimum Gasteiger partial charge on any atom is -0.356 e. The lowest BCUT2D eigenvalue weighted by Gasteiger charge is -2.20. The average molecular weight is 432 g/mol. The number of hydrogen-bond donors (Lipinski definition) is 1. The van der Waals surface area contributed by atoms with E-state index in [0.29, 0.717) is 0 Å². The third-order valence-corrected chi connectivity index (χ3v) is 6.99. The summed E-state index contributed by atoms with van der Waals surface area (Å²) in [7, 11) is 0. The van der Waals surface area contributed by atoms with Gasteiger partial charge in [0.1, 0.15) is 0 Å². The Morgan fingerprint density at radius 2 is 0.848 bits per heavy atom. The molecule has 0 amide bonds. The van der Waals surface area contributed by atoms with Gasteiger partial charge in [0, 0.05) is 11.4 Å². The maximum Gasteiger partial charge on any atom is 0.0384 e. The molecule has 1 aliphatic carbocycles. The predicted octanol–water partition coefficient (Wildman–Crippen LogP) is 9.59. The van der Waals surface area contributed by atoms with Gasteiger partial charge in [0.15, 0.2) is 0 Å². The molecule has 0 atom stereocenters. The molecule has 0 unspecified atom stereocenters. The van der Waals surface area contributed by atoms with Gasteiger partial charge in [-0.25, -0.2) is 0 Å². The van der Waals surface area contributed by atoms with Gasteiger partial charge in [-0.2, -0.15) is 0 Å². The van der Waals surface area contributed by atoms with E-state index in [9.17, 15) is 0 Å². The molecule has 5 rings (SSSR count). The fraction of sp³-hybridized carbons (Fsp3) is 0.250. The summed E-state index contributed by atoms with van der Waals surface area (Å²) >= 11 is 0. The molecule has 0 saturated heterocycles. The van der Waals surface area contributed by atoms with Crippen molar-refractivity contribution in [1.29, 1.82) is 0 Å². The lowest BCUT2D eigenvalue weighted by atomic mass is 9.85. The van der Waals surface area contributed by atoms with Gasteiger partial charge in [-0.1, -0.05) is 111 Å². The van der Waals surface area contributed by atoms with Gasteiger partial charge in [-0.15, -0.1) is 0 Å². The SMILES string of the molecule is c1ccc(-c2ccc(Nc3ccc(-c4ccc(C5CCCCCCC5)cc4)cc3)cc2)cc1. The van der Waals surface area contributed by atoms with Gasteiger partial charge >= 0.3 is 0 Å². The van der Waals surface area contributed by atoms with Crippen molar-refractivity contribution in [3.8, 4) is 22.3 Å². The summed E-state index contributed by atoms with van der Waals surface area (Å²) in [5, 5.41) is 3.52. The van der Waals surface area contributed by atoms with Crippen molar-refractivity contribution in [1.82, 2.24) is 0 Å². The van der Waals surface area contributed by atoms with Crippen LogP contribution in [-0.4, -0.2) is 0 Å². The Hall–Kier alpha value is -3.32. The zero-order valence-electron chi connectivity index (χ0n) is 19.3. The summed E-state index contributed by atoms with van der Waals surface area (Å²) in [5.41, 5.74) is 8.78. The van der Waals surface area contributed by atoms with E-state index in [0.717, 1.165) is 17.3 Å². The fourth-order valence-electron chi connectivity index (χ4n) is 5.03. The van der Waals surface area contributed by atoms with Crippen LogP contribution < -0.4 is 5.32 Å². The molecule has 1 fully saturated rings. The van der Waals surface area contributed by atoms with Crippen LogP contribution in [0.1, 0.15) is 56.4 Å². The van der Waals surface area contributed by atoms with Crippen LogP contribution in [0, 0.1) is 0 Å². The van der Waals surface area contributed by atoms with Gasteiger partial charge in [0.05, 0.1) is 0 Å². The van der Waals surface area contributed by atoms with Gasteiger partial charge in [-0.3, -0.25) is 0 Å². The van der Waals surface area contributed by atoms with E-state index in [2.05, 4.69) is 108 Å². The van der Waals surface area contributed by atoms with Crippen molar-refractivity contribution in [2.75, 3.05) is 5.32 Å². The van der Waals surface area contributed by atoms with E-state index in [1.54, 1.807) is 0 Å². The minimum absolute atomic E-state index is 0.749.